The minimum atomic E-state index is 0. The van der Waals surface area contributed by atoms with Gasteiger partial charge in [0.1, 0.15) is 0 Å². The van der Waals surface area contributed by atoms with Crippen LogP contribution in [0.2, 0.25) is 0 Å². The highest BCUT2D eigenvalue weighted by Crippen LogP contribution is 2.23. The summed E-state index contributed by atoms with van der Waals surface area (Å²) in [6.45, 7) is 4.02. The number of rotatable bonds is 6. The van der Waals surface area contributed by atoms with E-state index in [1.165, 1.54) is 19.3 Å². The summed E-state index contributed by atoms with van der Waals surface area (Å²) in [4.78, 5) is 18.5. The molecule has 0 bridgehead atoms. The predicted octanol–water partition coefficient (Wildman–Crippen LogP) is 1.84. The SMILES string of the molecule is CN=C(NCCNC(=O)C1CCCCC1)N(C)CC1CCOC1.I. The van der Waals surface area contributed by atoms with Crippen molar-refractivity contribution in [3.63, 3.8) is 0 Å². The minimum absolute atomic E-state index is 0. The Morgan fingerprint density at radius 1 is 1.17 bits per heavy atom. The Morgan fingerprint density at radius 2 is 1.88 bits per heavy atom. The molecule has 2 aliphatic rings. The number of halogens is 1. The average molecular weight is 452 g/mol. The summed E-state index contributed by atoms with van der Waals surface area (Å²) in [6.07, 6.45) is 6.89. The zero-order valence-corrected chi connectivity index (χ0v) is 17.4. The van der Waals surface area contributed by atoms with Crippen molar-refractivity contribution in [3.8, 4) is 0 Å². The molecule has 0 aromatic rings. The monoisotopic (exact) mass is 452 g/mol. The first kappa shape index (κ1) is 21.5. The van der Waals surface area contributed by atoms with Gasteiger partial charge in [-0.3, -0.25) is 9.79 Å². The quantitative estimate of drug-likeness (QED) is 0.280. The van der Waals surface area contributed by atoms with Gasteiger partial charge in [0, 0.05) is 52.2 Å². The van der Waals surface area contributed by atoms with Gasteiger partial charge in [-0.2, -0.15) is 0 Å². The first-order valence-corrected chi connectivity index (χ1v) is 8.98. The third kappa shape index (κ3) is 7.13. The van der Waals surface area contributed by atoms with Crippen LogP contribution in [0.1, 0.15) is 38.5 Å². The number of carbonyl (C=O) groups is 1. The van der Waals surface area contributed by atoms with E-state index in [4.69, 9.17) is 4.74 Å². The third-order valence-corrected chi connectivity index (χ3v) is 4.81. The van der Waals surface area contributed by atoms with Crippen molar-refractivity contribution < 1.29 is 9.53 Å². The lowest BCUT2D eigenvalue weighted by Gasteiger charge is -2.25. The summed E-state index contributed by atoms with van der Waals surface area (Å²) in [5.41, 5.74) is 0. The van der Waals surface area contributed by atoms with Crippen LogP contribution >= 0.6 is 24.0 Å². The highest BCUT2D eigenvalue weighted by atomic mass is 127. The van der Waals surface area contributed by atoms with Crippen LogP contribution in [-0.2, 0) is 9.53 Å². The number of nitrogens with zero attached hydrogens (tertiary/aromatic N) is 2. The normalized spacial score (nSPS) is 21.9. The Kier molecular flexibility index (Phi) is 10.6. The van der Waals surface area contributed by atoms with E-state index in [9.17, 15) is 4.79 Å². The number of carbonyl (C=O) groups excluding carboxylic acids is 1. The maximum atomic E-state index is 12.1. The van der Waals surface area contributed by atoms with E-state index in [-0.39, 0.29) is 35.8 Å². The molecule has 1 aliphatic carbocycles. The van der Waals surface area contributed by atoms with Gasteiger partial charge in [-0.05, 0) is 19.3 Å². The summed E-state index contributed by atoms with van der Waals surface area (Å²) in [6, 6.07) is 0. The average Bonchev–Trinajstić information content (AvgIpc) is 3.08. The molecule has 1 saturated heterocycles. The molecular formula is C17H33IN4O2. The second-order valence-electron chi connectivity index (χ2n) is 6.71. The second-order valence-corrected chi connectivity index (χ2v) is 6.71. The fourth-order valence-electron chi connectivity index (χ4n) is 3.45. The third-order valence-electron chi connectivity index (χ3n) is 4.81. The molecule has 0 aromatic heterocycles. The summed E-state index contributed by atoms with van der Waals surface area (Å²) < 4.78 is 5.42. The molecular weight excluding hydrogens is 419 g/mol. The molecule has 0 aromatic carbocycles. The van der Waals surface area contributed by atoms with Gasteiger partial charge in [0.05, 0.1) is 6.61 Å². The molecule has 1 heterocycles. The van der Waals surface area contributed by atoms with E-state index < -0.39 is 0 Å². The number of aliphatic imine (C=N–C) groups is 1. The molecule has 1 aliphatic heterocycles. The molecule has 2 N–H and O–H groups in total. The predicted molar refractivity (Wildman–Crippen MR) is 108 cm³/mol. The molecule has 1 saturated carbocycles. The smallest absolute Gasteiger partial charge is 0.223 e. The van der Waals surface area contributed by atoms with Crippen molar-refractivity contribution in [1.29, 1.82) is 0 Å². The molecule has 7 heteroatoms. The maximum Gasteiger partial charge on any atom is 0.223 e. The zero-order chi connectivity index (χ0) is 16.5. The van der Waals surface area contributed by atoms with Gasteiger partial charge in [-0.25, -0.2) is 0 Å². The number of nitrogens with one attached hydrogen (secondary N) is 2. The first-order chi connectivity index (χ1) is 11.2. The van der Waals surface area contributed by atoms with Crippen LogP contribution in [0.25, 0.3) is 0 Å². The molecule has 0 radical (unpaired) electrons. The van der Waals surface area contributed by atoms with Crippen LogP contribution in [0.5, 0.6) is 0 Å². The Labute approximate surface area is 163 Å². The van der Waals surface area contributed by atoms with Crippen LogP contribution < -0.4 is 10.6 Å². The Hall–Kier alpha value is -0.570. The summed E-state index contributed by atoms with van der Waals surface area (Å²) in [5.74, 6) is 1.92. The number of guanidine groups is 1. The van der Waals surface area contributed by atoms with E-state index in [1.54, 1.807) is 7.05 Å². The lowest BCUT2D eigenvalue weighted by molar-refractivity contribution is -0.125. The van der Waals surface area contributed by atoms with Crippen LogP contribution in [0, 0.1) is 11.8 Å². The summed E-state index contributed by atoms with van der Waals surface area (Å²) in [5, 5.41) is 6.37. The van der Waals surface area contributed by atoms with Crippen LogP contribution in [0.15, 0.2) is 4.99 Å². The molecule has 1 amide bonds. The lowest BCUT2D eigenvalue weighted by atomic mass is 9.89. The van der Waals surface area contributed by atoms with Gasteiger partial charge in [0.25, 0.3) is 0 Å². The fourth-order valence-corrected chi connectivity index (χ4v) is 3.45. The van der Waals surface area contributed by atoms with Gasteiger partial charge < -0.3 is 20.3 Å². The van der Waals surface area contributed by atoms with E-state index >= 15 is 0 Å². The Bertz CT molecular complexity index is 394. The molecule has 2 rings (SSSR count). The highest BCUT2D eigenvalue weighted by molar-refractivity contribution is 14.0. The Morgan fingerprint density at radius 3 is 2.50 bits per heavy atom. The van der Waals surface area contributed by atoms with Gasteiger partial charge >= 0.3 is 0 Å². The van der Waals surface area contributed by atoms with Crippen molar-refractivity contribution in [3.05, 3.63) is 0 Å². The van der Waals surface area contributed by atoms with Gasteiger partial charge in [0.2, 0.25) is 5.91 Å². The van der Waals surface area contributed by atoms with Crippen molar-refractivity contribution in [2.24, 2.45) is 16.8 Å². The largest absolute Gasteiger partial charge is 0.381 e. The van der Waals surface area contributed by atoms with E-state index in [2.05, 4.69) is 20.5 Å². The van der Waals surface area contributed by atoms with Gasteiger partial charge in [0.15, 0.2) is 5.96 Å². The van der Waals surface area contributed by atoms with Crippen molar-refractivity contribution >= 4 is 35.8 Å². The zero-order valence-electron chi connectivity index (χ0n) is 15.1. The molecule has 2 fully saturated rings. The van der Waals surface area contributed by atoms with E-state index in [0.29, 0.717) is 19.0 Å². The number of hydrogen-bond donors (Lipinski definition) is 2. The standard InChI is InChI=1S/C17H32N4O2.HI/c1-18-17(21(2)12-14-8-11-23-13-14)20-10-9-19-16(22)15-6-4-3-5-7-15;/h14-15H,3-13H2,1-2H3,(H,18,20)(H,19,22);1H. The number of ether oxygens (including phenoxy) is 1. The van der Waals surface area contributed by atoms with Crippen LogP contribution in [0.3, 0.4) is 0 Å². The molecule has 0 spiro atoms. The van der Waals surface area contributed by atoms with Crippen molar-refractivity contribution in [2.75, 3.05) is 46.9 Å². The summed E-state index contributed by atoms with van der Waals surface area (Å²) >= 11 is 0. The number of hydrogen-bond acceptors (Lipinski definition) is 3. The van der Waals surface area contributed by atoms with Gasteiger partial charge in [-0.1, -0.05) is 19.3 Å². The highest BCUT2D eigenvalue weighted by Gasteiger charge is 2.21. The minimum Gasteiger partial charge on any atom is -0.381 e. The lowest BCUT2D eigenvalue weighted by Crippen LogP contribution is -2.44. The molecule has 1 unspecified atom stereocenters. The Balaban J connectivity index is 0.00000288. The van der Waals surface area contributed by atoms with E-state index in [0.717, 1.165) is 45.0 Å². The van der Waals surface area contributed by atoms with Crippen LogP contribution in [0.4, 0.5) is 0 Å². The second kappa shape index (κ2) is 11.9. The molecule has 1 atom stereocenters. The first-order valence-electron chi connectivity index (χ1n) is 8.98. The van der Waals surface area contributed by atoms with Crippen molar-refractivity contribution in [1.82, 2.24) is 15.5 Å². The van der Waals surface area contributed by atoms with E-state index in [1.807, 2.05) is 7.05 Å². The fraction of sp³-hybridized carbons (Fsp3) is 0.882. The molecule has 140 valence electrons. The van der Waals surface area contributed by atoms with Crippen LogP contribution in [-0.4, -0.2) is 63.7 Å². The number of amides is 1. The topological polar surface area (TPSA) is 66.0 Å². The molecule has 6 nitrogen and oxygen atoms in total. The van der Waals surface area contributed by atoms with Gasteiger partial charge in [-0.15, -0.1) is 24.0 Å². The maximum absolute atomic E-state index is 12.1. The summed E-state index contributed by atoms with van der Waals surface area (Å²) in [7, 11) is 3.85. The molecule has 24 heavy (non-hydrogen) atoms. The van der Waals surface area contributed by atoms with Crippen molar-refractivity contribution in [2.45, 2.75) is 38.5 Å².